The van der Waals surface area contributed by atoms with E-state index in [0.29, 0.717) is 12.2 Å². The third kappa shape index (κ3) is 5.88. The molecule has 3 atom stereocenters. The Hall–Kier alpha value is -3.98. The third-order valence-corrected chi connectivity index (χ3v) is 7.53. The predicted molar refractivity (Wildman–Crippen MR) is 154 cm³/mol. The SMILES string of the molecule is CCCCC(=O)NC1CCC(n2nc(-c3ccc(Oc4ccccc4)cc3)c3c(N)ncnc32)CC1N(C)C. The van der Waals surface area contributed by atoms with Crippen molar-refractivity contribution in [1.29, 1.82) is 0 Å². The van der Waals surface area contributed by atoms with Crippen molar-refractivity contribution < 1.29 is 9.53 Å². The molecule has 1 fully saturated rings. The number of nitrogen functional groups attached to an aromatic ring is 1. The van der Waals surface area contributed by atoms with Crippen molar-refractivity contribution in [3.63, 3.8) is 0 Å². The van der Waals surface area contributed by atoms with Gasteiger partial charge in [0.05, 0.1) is 11.4 Å². The number of carbonyl (C=O) groups is 1. The zero-order chi connectivity index (χ0) is 27.4. The number of unbranched alkanes of at least 4 members (excludes halogenated alkanes) is 1. The van der Waals surface area contributed by atoms with E-state index in [9.17, 15) is 4.79 Å². The smallest absolute Gasteiger partial charge is 0.220 e. The lowest BCUT2D eigenvalue weighted by Gasteiger charge is -2.40. The van der Waals surface area contributed by atoms with Crippen LogP contribution in [0.15, 0.2) is 60.9 Å². The molecule has 5 rings (SSSR count). The number of carbonyl (C=O) groups excluding carboxylic acids is 1. The van der Waals surface area contributed by atoms with Gasteiger partial charge in [0.15, 0.2) is 5.65 Å². The van der Waals surface area contributed by atoms with Gasteiger partial charge in [-0.25, -0.2) is 14.6 Å². The van der Waals surface area contributed by atoms with E-state index in [1.807, 2.05) is 59.3 Å². The Balaban J connectivity index is 1.41. The molecule has 39 heavy (non-hydrogen) atoms. The lowest BCUT2D eigenvalue weighted by atomic mass is 9.85. The van der Waals surface area contributed by atoms with Crippen LogP contribution >= 0.6 is 0 Å². The van der Waals surface area contributed by atoms with Crippen LogP contribution in [0.1, 0.15) is 51.5 Å². The monoisotopic (exact) mass is 527 g/mol. The molecule has 0 radical (unpaired) electrons. The fraction of sp³-hybridized carbons (Fsp3) is 0.400. The number of fused-ring (bicyclic) bond motifs is 1. The first kappa shape index (κ1) is 26.6. The number of amides is 1. The van der Waals surface area contributed by atoms with Crippen molar-refractivity contribution in [2.45, 2.75) is 63.6 Å². The van der Waals surface area contributed by atoms with Crippen molar-refractivity contribution in [3.8, 4) is 22.8 Å². The van der Waals surface area contributed by atoms with Crippen LogP contribution in [-0.4, -0.2) is 56.7 Å². The van der Waals surface area contributed by atoms with Crippen LogP contribution in [-0.2, 0) is 4.79 Å². The Kier molecular flexibility index (Phi) is 8.07. The number of likely N-dealkylation sites (N-methyl/N-ethyl adjacent to an activating group) is 1. The van der Waals surface area contributed by atoms with Gasteiger partial charge < -0.3 is 20.7 Å². The maximum Gasteiger partial charge on any atom is 0.220 e. The van der Waals surface area contributed by atoms with Crippen molar-refractivity contribution in [2.24, 2.45) is 0 Å². The molecule has 4 aromatic rings. The lowest BCUT2D eigenvalue weighted by Crippen LogP contribution is -2.52. The normalized spacial score (nSPS) is 19.3. The second-order valence-electron chi connectivity index (χ2n) is 10.5. The van der Waals surface area contributed by atoms with Gasteiger partial charge in [0, 0.05) is 24.1 Å². The lowest BCUT2D eigenvalue weighted by molar-refractivity contribution is -0.122. The summed E-state index contributed by atoms with van der Waals surface area (Å²) < 4.78 is 7.98. The Morgan fingerprint density at radius 1 is 1.08 bits per heavy atom. The minimum Gasteiger partial charge on any atom is -0.457 e. The topological polar surface area (TPSA) is 111 Å². The van der Waals surface area contributed by atoms with Gasteiger partial charge in [-0.15, -0.1) is 0 Å². The number of nitrogens with one attached hydrogen (secondary N) is 1. The maximum absolute atomic E-state index is 12.5. The summed E-state index contributed by atoms with van der Waals surface area (Å²) in [6.45, 7) is 2.10. The highest BCUT2D eigenvalue weighted by Gasteiger charge is 2.35. The number of aromatic nitrogens is 4. The van der Waals surface area contributed by atoms with Crippen LogP contribution in [0.5, 0.6) is 11.5 Å². The number of rotatable bonds is 9. The molecule has 0 aliphatic heterocycles. The van der Waals surface area contributed by atoms with Gasteiger partial charge in [0.25, 0.3) is 0 Å². The average molecular weight is 528 g/mol. The van der Waals surface area contributed by atoms with E-state index >= 15 is 0 Å². The number of anilines is 1. The zero-order valence-electron chi connectivity index (χ0n) is 22.9. The molecule has 2 aromatic carbocycles. The van der Waals surface area contributed by atoms with E-state index in [2.05, 4.69) is 41.2 Å². The van der Waals surface area contributed by atoms with Gasteiger partial charge >= 0.3 is 0 Å². The summed E-state index contributed by atoms with van der Waals surface area (Å²) in [5.74, 6) is 2.07. The highest BCUT2D eigenvalue weighted by Crippen LogP contribution is 2.37. The largest absolute Gasteiger partial charge is 0.457 e. The minimum atomic E-state index is 0.110. The third-order valence-electron chi connectivity index (χ3n) is 7.53. The van der Waals surface area contributed by atoms with Gasteiger partial charge in [0.2, 0.25) is 5.91 Å². The fourth-order valence-electron chi connectivity index (χ4n) is 5.46. The Labute approximate surface area is 229 Å². The van der Waals surface area contributed by atoms with E-state index in [1.54, 1.807) is 0 Å². The van der Waals surface area contributed by atoms with Gasteiger partial charge in [-0.1, -0.05) is 31.5 Å². The second-order valence-corrected chi connectivity index (χ2v) is 10.5. The summed E-state index contributed by atoms with van der Waals surface area (Å²) in [5.41, 5.74) is 8.78. The molecule has 9 nitrogen and oxygen atoms in total. The molecule has 0 spiro atoms. The number of hydrogen-bond donors (Lipinski definition) is 2. The second kappa shape index (κ2) is 11.8. The highest BCUT2D eigenvalue weighted by molar-refractivity contribution is 5.98. The first-order valence-corrected chi connectivity index (χ1v) is 13.7. The number of nitrogens with zero attached hydrogens (tertiary/aromatic N) is 5. The number of hydrogen-bond acceptors (Lipinski definition) is 7. The summed E-state index contributed by atoms with van der Waals surface area (Å²) in [5, 5.41) is 9.11. The molecule has 0 saturated heterocycles. The highest BCUT2D eigenvalue weighted by atomic mass is 16.5. The maximum atomic E-state index is 12.5. The van der Waals surface area contributed by atoms with Gasteiger partial charge in [-0.3, -0.25) is 4.79 Å². The summed E-state index contributed by atoms with van der Waals surface area (Å²) in [4.78, 5) is 23.6. The molecule has 2 heterocycles. The quantitative estimate of drug-likeness (QED) is 0.308. The van der Waals surface area contributed by atoms with Crippen molar-refractivity contribution in [2.75, 3.05) is 19.8 Å². The minimum absolute atomic E-state index is 0.110. The summed E-state index contributed by atoms with van der Waals surface area (Å²) >= 11 is 0. The summed E-state index contributed by atoms with van der Waals surface area (Å²) in [7, 11) is 4.15. The van der Waals surface area contributed by atoms with E-state index in [1.165, 1.54) is 6.33 Å². The molecule has 0 bridgehead atoms. The first-order valence-electron chi connectivity index (χ1n) is 13.7. The fourth-order valence-corrected chi connectivity index (χ4v) is 5.46. The van der Waals surface area contributed by atoms with E-state index in [4.69, 9.17) is 15.6 Å². The summed E-state index contributed by atoms with van der Waals surface area (Å²) in [6, 6.07) is 18.0. The van der Waals surface area contributed by atoms with Gasteiger partial charge in [-0.2, -0.15) is 5.10 Å². The molecule has 3 unspecified atom stereocenters. The van der Waals surface area contributed by atoms with E-state index < -0.39 is 0 Å². The molecular formula is C30H37N7O2. The van der Waals surface area contributed by atoms with Crippen LogP contribution < -0.4 is 15.8 Å². The standard InChI is InChI=1S/C30H37N7O2/c1-4-5-11-26(38)34-24-17-14-21(18-25(24)36(2)3)37-30-27(29(31)32-19-33-30)28(35-37)20-12-15-23(16-13-20)39-22-9-7-6-8-10-22/h6-10,12-13,15-16,19,21,24-25H,4-5,11,14,17-18H2,1-3H3,(H,34,38)(H2,31,32,33). The molecule has 1 amide bonds. The summed E-state index contributed by atoms with van der Waals surface area (Å²) in [6.07, 6.45) is 6.60. The van der Waals surface area contributed by atoms with Gasteiger partial charge in [-0.05, 0) is 76.2 Å². The predicted octanol–water partition coefficient (Wildman–Crippen LogP) is 5.20. The number of para-hydroxylation sites is 1. The first-order chi connectivity index (χ1) is 18.9. The Morgan fingerprint density at radius 3 is 2.54 bits per heavy atom. The molecular weight excluding hydrogens is 490 g/mol. The molecule has 1 aliphatic carbocycles. The van der Waals surface area contributed by atoms with Crippen LogP contribution in [0.4, 0.5) is 5.82 Å². The van der Waals surface area contributed by atoms with Crippen molar-refractivity contribution in [3.05, 3.63) is 60.9 Å². The van der Waals surface area contributed by atoms with Crippen LogP contribution in [0.25, 0.3) is 22.3 Å². The average Bonchev–Trinajstić information content (AvgIpc) is 3.34. The van der Waals surface area contributed by atoms with Crippen molar-refractivity contribution >= 4 is 22.8 Å². The van der Waals surface area contributed by atoms with Crippen LogP contribution in [0, 0.1) is 0 Å². The van der Waals surface area contributed by atoms with E-state index in [-0.39, 0.29) is 24.0 Å². The number of ether oxygens (including phenoxy) is 1. The van der Waals surface area contributed by atoms with Crippen LogP contribution in [0.2, 0.25) is 0 Å². The molecule has 9 heteroatoms. The molecule has 1 saturated carbocycles. The van der Waals surface area contributed by atoms with Crippen LogP contribution in [0.3, 0.4) is 0 Å². The molecule has 1 aliphatic rings. The molecule has 3 N–H and O–H groups in total. The van der Waals surface area contributed by atoms with Crippen molar-refractivity contribution in [1.82, 2.24) is 30.0 Å². The Bertz CT molecular complexity index is 1400. The number of nitrogens with two attached hydrogens (primary N) is 1. The number of benzene rings is 2. The Morgan fingerprint density at radius 2 is 1.82 bits per heavy atom. The zero-order valence-corrected chi connectivity index (χ0v) is 22.9. The molecule has 204 valence electrons. The molecule has 2 aromatic heterocycles. The van der Waals surface area contributed by atoms with E-state index in [0.717, 1.165) is 65.9 Å². The van der Waals surface area contributed by atoms with Gasteiger partial charge in [0.1, 0.15) is 29.3 Å².